The molecule has 0 aromatic carbocycles. The smallest absolute Gasteiger partial charge is 0.345 e. The van der Waals surface area contributed by atoms with Gasteiger partial charge in [-0.3, -0.25) is 44.2 Å². The summed E-state index contributed by atoms with van der Waals surface area (Å²) in [6.45, 7) is 27.7. The fourth-order valence-corrected chi connectivity index (χ4v) is 3.81. The third kappa shape index (κ3) is 70.4. The number of hydrogen-bond donors (Lipinski definition) is 9. The predicted molar refractivity (Wildman–Crippen MR) is 325 cm³/mol. The molecule has 0 saturated heterocycles. The summed E-state index contributed by atoms with van der Waals surface area (Å²) in [7, 11) is 0. The van der Waals surface area contributed by atoms with Crippen molar-refractivity contribution in [3.05, 3.63) is 24.7 Å². The summed E-state index contributed by atoms with van der Waals surface area (Å²) in [5.74, 6) is -0.370. The van der Waals surface area contributed by atoms with E-state index in [4.69, 9.17) is 19.4 Å². The van der Waals surface area contributed by atoms with E-state index in [-0.39, 0.29) is 155 Å². The quantitative estimate of drug-likeness (QED) is 0.0467. The first-order valence-electron chi connectivity index (χ1n) is 24.9. The van der Waals surface area contributed by atoms with Gasteiger partial charge in [-0.05, 0) is 26.2 Å². The number of aromatic nitrogens is 2. The molecule has 492 valence electrons. The summed E-state index contributed by atoms with van der Waals surface area (Å²) in [4.78, 5) is 79.2. The second-order valence-corrected chi connectivity index (χ2v) is 19.4. The monoisotopic (exact) mass is 1200 g/mol. The predicted octanol–water partition coefficient (Wildman–Crippen LogP) is 10.7. The Labute approximate surface area is 493 Å². The van der Waals surface area contributed by atoms with Crippen LogP contribution < -0.4 is 31.9 Å². The van der Waals surface area contributed by atoms with E-state index in [1.165, 1.54) is 18.7 Å². The summed E-state index contributed by atoms with van der Waals surface area (Å²) in [6, 6.07) is 1.85. The number of oxazole rings is 1. The highest BCUT2D eigenvalue weighted by atomic mass is 19.3. The van der Waals surface area contributed by atoms with Crippen LogP contribution in [0.2, 0.25) is 0 Å². The van der Waals surface area contributed by atoms with Gasteiger partial charge in [-0.2, -0.15) is 8.78 Å². The van der Waals surface area contributed by atoms with Crippen molar-refractivity contribution >= 4 is 53.3 Å². The summed E-state index contributed by atoms with van der Waals surface area (Å²) in [5.41, 5.74) is -0.815. The number of carbonyl (C=O) groups is 7. The molecule has 2 unspecified atom stereocenters. The van der Waals surface area contributed by atoms with Gasteiger partial charge in [0.05, 0.1) is 43.9 Å². The maximum absolute atomic E-state index is 12.3. The first-order valence-corrected chi connectivity index (χ1v) is 24.9. The molecule has 82 heavy (non-hydrogen) atoms. The number of carboxylic acid groups (broad SMARTS) is 1. The van der Waals surface area contributed by atoms with E-state index in [9.17, 15) is 51.8 Å². The number of aliphatic carboxylic acids is 1. The minimum Gasteiger partial charge on any atom is -0.481 e. The Kier molecular flexibility index (Phi) is 74.2. The van der Waals surface area contributed by atoms with Crippen LogP contribution >= 0.6 is 0 Å². The molecule has 3 rings (SSSR count). The van der Waals surface area contributed by atoms with E-state index in [0.29, 0.717) is 50.9 Å². The van der Waals surface area contributed by atoms with Gasteiger partial charge in [0.2, 0.25) is 41.3 Å². The molecule has 2 heterocycles. The zero-order chi connectivity index (χ0) is 58.9. The number of carbonyl (C=O) groups excluding carboxylic acids is 6. The number of hydrogen-bond acceptors (Lipinski definition) is 15. The number of aliphatic hydroxyl groups excluding tert-OH is 1. The molecular formula is C57H119F3N8O14. The number of aliphatic hydroxyl groups is 2. The lowest BCUT2D eigenvalue weighted by molar-refractivity contribution is -0.137. The minimum absolute atomic E-state index is 0. The maximum atomic E-state index is 12.3. The van der Waals surface area contributed by atoms with Gasteiger partial charge < -0.3 is 55.0 Å². The van der Waals surface area contributed by atoms with Crippen LogP contribution in [0.5, 0.6) is 0 Å². The molecule has 2 atom stereocenters. The van der Waals surface area contributed by atoms with Crippen molar-refractivity contribution in [2.24, 2.45) is 41.4 Å². The van der Waals surface area contributed by atoms with Crippen molar-refractivity contribution in [3.63, 3.8) is 0 Å². The average molecular weight is 1200 g/mol. The van der Waals surface area contributed by atoms with E-state index in [0.717, 1.165) is 6.42 Å². The molecule has 1 aliphatic rings. The van der Waals surface area contributed by atoms with Gasteiger partial charge in [0.25, 0.3) is 0 Å². The Morgan fingerprint density at radius 1 is 0.646 bits per heavy atom. The lowest BCUT2D eigenvalue weighted by Gasteiger charge is -2.18. The zero-order valence-corrected chi connectivity index (χ0v) is 47.0. The Hall–Kier alpha value is -5.66. The van der Waals surface area contributed by atoms with Gasteiger partial charge in [0.1, 0.15) is 12.4 Å². The molecule has 25 heteroatoms. The number of ether oxygens (including phenoxy) is 2. The summed E-state index contributed by atoms with van der Waals surface area (Å²) >= 11 is 0. The largest absolute Gasteiger partial charge is 0.481 e. The number of nitrogens with zero attached hydrogens (tertiary/aromatic N) is 2. The number of carboxylic acids is 1. The van der Waals surface area contributed by atoms with Crippen LogP contribution in [0.25, 0.3) is 0 Å². The molecule has 9 N–H and O–H groups in total. The number of anilines is 2. The molecule has 0 bridgehead atoms. The first kappa shape index (κ1) is 101. The Balaban J connectivity index is -0.0000000789. The molecule has 0 spiro atoms. The average Bonchev–Trinajstić information content (AvgIpc) is 3.63. The lowest BCUT2D eigenvalue weighted by atomic mass is 10.1. The van der Waals surface area contributed by atoms with Crippen LogP contribution in [0.3, 0.4) is 0 Å². The molecule has 1 aliphatic carbocycles. The van der Waals surface area contributed by atoms with Crippen molar-refractivity contribution in [3.8, 4) is 0 Å². The molecule has 2 aromatic rings. The standard InChI is InChI=1S/C9H16FNO2.C8H17NO2.C7H13F2NO2.2C7H10N2O2.C6H13NO2.C6H12O2.7CH4/c1-6(2)9(12)11-3-4-13-8-5-7(8)10;1-6(2)7(10)9-5-8(3,4)11;1-5(2)6(11)10-3-4-12-7(8)9;1-5(2)6(10)9-7-8-3-4-11-7;1-5(2)7(10)9-6-3-4-8-11-6;1-5(2)6(9)7-3-4-8;1-5(2)3-4-6(7)8;;;;;;;/h6-8H,3-5H2,1-2H3,(H,11,12);6,11H,5H2,1-4H3,(H,9,10);5,7H,3-4H2,1-2H3,(H,10,11);3-5H,1-2H3,(H,8,9,10);3-5H,1-2H3,(H,9,10);5,8H,3-4H2,1-2H3,(H,7,9);5H,3-4H2,1-2H3,(H,7,8);7*1H4. The van der Waals surface area contributed by atoms with E-state index >= 15 is 0 Å². The molecular weight excluding hydrogens is 1080 g/mol. The SMILES string of the molecule is C.C.C.C.C.C.C.CC(C)C(=O)NCC(C)(C)O.CC(C)C(=O)NCCO.CC(C)C(=O)NCCOC(F)F.CC(C)C(=O)NCCOC1CC1F.CC(C)C(=O)Nc1ccno1.CC(C)C(=O)Nc1ncco1.CC(C)CCC(=O)O. The molecule has 1 fully saturated rings. The van der Waals surface area contributed by atoms with Gasteiger partial charge in [-0.25, -0.2) is 9.37 Å². The van der Waals surface area contributed by atoms with E-state index < -0.39 is 24.4 Å². The zero-order valence-electron chi connectivity index (χ0n) is 47.0. The van der Waals surface area contributed by atoms with Crippen molar-refractivity contribution < 1.29 is 80.5 Å². The van der Waals surface area contributed by atoms with E-state index in [1.54, 1.807) is 47.6 Å². The molecule has 0 radical (unpaired) electrons. The van der Waals surface area contributed by atoms with Gasteiger partial charge in [0.15, 0.2) is 0 Å². The molecule has 2 aromatic heterocycles. The maximum Gasteiger partial charge on any atom is 0.345 e. The Morgan fingerprint density at radius 3 is 1.35 bits per heavy atom. The molecule has 6 amide bonds. The third-order valence-electron chi connectivity index (χ3n) is 8.57. The van der Waals surface area contributed by atoms with Crippen molar-refractivity contribution in [2.45, 2.75) is 207 Å². The van der Waals surface area contributed by atoms with Crippen LogP contribution in [0.15, 0.2) is 33.7 Å². The fourth-order valence-electron chi connectivity index (χ4n) is 3.81. The Bertz CT molecular complexity index is 1750. The van der Waals surface area contributed by atoms with E-state index in [2.05, 4.69) is 51.3 Å². The van der Waals surface area contributed by atoms with Crippen LogP contribution in [-0.2, 0) is 43.0 Å². The van der Waals surface area contributed by atoms with Crippen LogP contribution in [0.4, 0.5) is 25.1 Å². The summed E-state index contributed by atoms with van der Waals surface area (Å²) in [6.07, 6.45) is 4.99. The molecule has 22 nitrogen and oxygen atoms in total. The normalized spacial score (nSPS) is 12.1. The summed E-state index contributed by atoms with van der Waals surface area (Å²) in [5, 5.41) is 44.5. The highest BCUT2D eigenvalue weighted by Crippen LogP contribution is 2.28. The van der Waals surface area contributed by atoms with Gasteiger partial charge in [-0.1, -0.05) is 154 Å². The van der Waals surface area contributed by atoms with Crippen LogP contribution in [0.1, 0.15) is 182 Å². The number of halogens is 3. The lowest BCUT2D eigenvalue weighted by Crippen LogP contribution is -2.39. The number of alkyl halides is 3. The van der Waals surface area contributed by atoms with Gasteiger partial charge in [0, 0.05) is 80.6 Å². The van der Waals surface area contributed by atoms with E-state index in [1.807, 2.05) is 69.2 Å². The topological polar surface area (TPSA) is 323 Å². The third-order valence-corrected chi connectivity index (χ3v) is 8.57. The number of nitrogens with one attached hydrogen (secondary N) is 6. The van der Waals surface area contributed by atoms with Crippen LogP contribution in [-0.4, -0.2) is 137 Å². The summed E-state index contributed by atoms with van der Waals surface area (Å²) < 4.78 is 53.6. The van der Waals surface area contributed by atoms with Gasteiger partial charge >= 0.3 is 18.6 Å². The highest BCUT2D eigenvalue weighted by molar-refractivity contribution is 5.91. The molecule has 0 aliphatic heterocycles. The van der Waals surface area contributed by atoms with Crippen LogP contribution in [0, 0.1) is 41.4 Å². The van der Waals surface area contributed by atoms with Gasteiger partial charge in [-0.15, -0.1) is 0 Å². The van der Waals surface area contributed by atoms with Crippen molar-refractivity contribution in [1.82, 2.24) is 31.4 Å². The number of rotatable bonds is 23. The first-order chi connectivity index (χ1) is 34.7. The second kappa shape index (κ2) is 59.9. The minimum atomic E-state index is -2.76. The number of amides is 6. The van der Waals surface area contributed by atoms with Crippen molar-refractivity contribution in [1.29, 1.82) is 0 Å². The fraction of sp³-hybridized carbons (Fsp3) is 0.772. The van der Waals surface area contributed by atoms with Crippen molar-refractivity contribution in [2.75, 3.05) is 56.6 Å². The Morgan fingerprint density at radius 2 is 1.05 bits per heavy atom. The molecule has 1 saturated carbocycles. The highest BCUT2D eigenvalue weighted by Gasteiger charge is 2.38. The second-order valence-electron chi connectivity index (χ2n) is 19.4.